The fourth-order valence-corrected chi connectivity index (χ4v) is 0.891. The van der Waals surface area contributed by atoms with Crippen LogP contribution in [-0.2, 0) is 9.53 Å². The normalized spacial score (nSPS) is 11.2. The highest BCUT2D eigenvalue weighted by Crippen LogP contribution is 2.04. The molecule has 0 amide bonds. The van der Waals surface area contributed by atoms with Gasteiger partial charge in [0.25, 0.3) is 0 Å². The molecule has 0 radical (unpaired) electrons. The molecule has 0 aliphatic heterocycles. The van der Waals surface area contributed by atoms with E-state index in [2.05, 4.69) is 15.0 Å². The fourth-order valence-electron chi connectivity index (χ4n) is 0.891. The molecule has 76 valence electrons. The lowest BCUT2D eigenvalue weighted by molar-refractivity contribution is -0.134. The minimum Gasteiger partial charge on any atom is -0.464 e. The number of ether oxygens (including phenoxy) is 1. The Hall–Kier alpha value is -1.85. The summed E-state index contributed by atoms with van der Waals surface area (Å²) < 4.78 is 5.97. The molecule has 0 spiro atoms. The van der Waals surface area contributed by atoms with Crippen molar-refractivity contribution in [1.82, 2.24) is 19.9 Å². The maximum Gasteiger partial charge on any atom is 0.358 e. The van der Waals surface area contributed by atoms with E-state index >= 15 is 0 Å². The zero-order chi connectivity index (χ0) is 10.6. The highest BCUT2D eigenvalue weighted by atomic mass is 16.5. The van der Waals surface area contributed by atoms with Crippen molar-refractivity contribution in [2.24, 2.45) is 0 Å². The molecule has 0 saturated carbocycles. The number of aromatic nitrogens is 3. The molecule has 1 aromatic rings. The standard InChI is InChI=1S/C8H12N4O2/c1-11(2)6-7(8(13)14-3)12-5-4-9-10-12/h4-6H,1-3H3/b7-6-. The first-order valence-electron chi connectivity index (χ1n) is 3.98. The molecule has 0 aromatic carbocycles. The number of esters is 1. The van der Waals surface area contributed by atoms with Gasteiger partial charge in [0, 0.05) is 20.3 Å². The monoisotopic (exact) mass is 196 g/mol. The average molecular weight is 196 g/mol. The van der Waals surface area contributed by atoms with Crippen molar-refractivity contribution in [3.05, 3.63) is 18.6 Å². The van der Waals surface area contributed by atoms with E-state index in [9.17, 15) is 4.79 Å². The topological polar surface area (TPSA) is 60.2 Å². The fraction of sp³-hybridized carbons (Fsp3) is 0.375. The molecule has 14 heavy (non-hydrogen) atoms. The lowest BCUT2D eigenvalue weighted by Crippen LogP contribution is -2.15. The molecule has 0 fully saturated rings. The summed E-state index contributed by atoms with van der Waals surface area (Å²) >= 11 is 0. The Balaban J connectivity index is 3.00. The van der Waals surface area contributed by atoms with Gasteiger partial charge in [-0.05, 0) is 0 Å². The molecule has 6 heteroatoms. The molecule has 0 bridgehead atoms. The Labute approximate surface area is 81.8 Å². The van der Waals surface area contributed by atoms with Crippen LogP contribution in [0.4, 0.5) is 0 Å². The molecule has 0 aliphatic carbocycles. The van der Waals surface area contributed by atoms with Crippen molar-refractivity contribution in [3.8, 4) is 0 Å². The van der Waals surface area contributed by atoms with E-state index in [1.807, 2.05) is 0 Å². The first-order chi connectivity index (χ1) is 6.65. The first-order valence-corrected chi connectivity index (χ1v) is 3.98. The van der Waals surface area contributed by atoms with Crippen LogP contribution in [0.25, 0.3) is 5.70 Å². The van der Waals surface area contributed by atoms with Gasteiger partial charge in [-0.15, -0.1) is 5.10 Å². The van der Waals surface area contributed by atoms with Crippen molar-refractivity contribution in [1.29, 1.82) is 0 Å². The first kappa shape index (κ1) is 10.2. The molecule has 1 heterocycles. The molecular formula is C8H12N4O2. The number of rotatable bonds is 3. The summed E-state index contributed by atoms with van der Waals surface area (Å²) in [6.45, 7) is 0. The minimum atomic E-state index is -0.454. The Kier molecular flexibility index (Phi) is 3.22. The Morgan fingerprint density at radius 2 is 2.29 bits per heavy atom. The summed E-state index contributed by atoms with van der Waals surface area (Å²) in [5, 5.41) is 7.32. The van der Waals surface area contributed by atoms with Crippen LogP contribution < -0.4 is 0 Å². The lowest BCUT2D eigenvalue weighted by atomic mass is 10.4. The molecule has 0 aliphatic rings. The Bertz CT molecular complexity index is 329. The van der Waals surface area contributed by atoms with Gasteiger partial charge >= 0.3 is 5.97 Å². The van der Waals surface area contributed by atoms with Crippen molar-refractivity contribution >= 4 is 11.7 Å². The summed E-state index contributed by atoms with van der Waals surface area (Å²) in [7, 11) is 4.93. The second-order valence-corrected chi connectivity index (χ2v) is 2.82. The predicted octanol–water partition coefficient (Wildman–Crippen LogP) is -0.189. The third-order valence-electron chi connectivity index (χ3n) is 1.44. The van der Waals surface area contributed by atoms with Crippen molar-refractivity contribution in [2.45, 2.75) is 0 Å². The SMILES string of the molecule is COC(=O)/C(=C/N(C)C)n1ccnn1. The van der Waals surface area contributed by atoms with Gasteiger partial charge in [0.2, 0.25) is 0 Å². The van der Waals surface area contributed by atoms with Crippen molar-refractivity contribution < 1.29 is 9.53 Å². The lowest BCUT2D eigenvalue weighted by Gasteiger charge is -2.09. The maximum atomic E-state index is 11.3. The van der Waals surface area contributed by atoms with Crippen LogP contribution in [0, 0.1) is 0 Å². The van der Waals surface area contributed by atoms with Gasteiger partial charge in [0.05, 0.1) is 19.5 Å². The summed E-state index contributed by atoms with van der Waals surface area (Å²) in [5.41, 5.74) is 0.315. The third kappa shape index (κ3) is 2.32. The van der Waals surface area contributed by atoms with Crippen LogP contribution in [0.5, 0.6) is 0 Å². The van der Waals surface area contributed by atoms with E-state index in [4.69, 9.17) is 0 Å². The van der Waals surface area contributed by atoms with Gasteiger partial charge in [-0.3, -0.25) is 0 Å². The predicted molar refractivity (Wildman–Crippen MR) is 50.0 cm³/mol. The minimum absolute atomic E-state index is 0.315. The molecule has 0 saturated heterocycles. The van der Waals surface area contributed by atoms with Crippen LogP contribution in [0.1, 0.15) is 0 Å². The number of carbonyl (C=O) groups excluding carboxylic acids is 1. The molecule has 0 N–H and O–H groups in total. The number of hydrogen-bond donors (Lipinski definition) is 0. The molecule has 0 atom stereocenters. The van der Waals surface area contributed by atoms with Gasteiger partial charge in [-0.25, -0.2) is 9.48 Å². The second kappa shape index (κ2) is 4.40. The van der Waals surface area contributed by atoms with Crippen LogP contribution >= 0.6 is 0 Å². The Morgan fingerprint density at radius 1 is 1.57 bits per heavy atom. The van der Waals surface area contributed by atoms with E-state index in [0.717, 1.165) is 0 Å². The van der Waals surface area contributed by atoms with Gasteiger partial charge in [0.1, 0.15) is 0 Å². The largest absolute Gasteiger partial charge is 0.464 e. The van der Waals surface area contributed by atoms with Crippen LogP contribution in [0.15, 0.2) is 18.6 Å². The maximum absolute atomic E-state index is 11.3. The number of nitrogens with zero attached hydrogens (tertiary/aromatic N) is 4. The summed E-state index contributed by atoms with van der Waals surface area (Å²) in [6.07, 6.45) is 4.68. The zero-order valence-corrected chi connectivity index (χ0v) is 8.34. The van der Waals surface area contributed by atoms with Crippen molar-refractivity contribution in [3.63, 3.8) is 0 Å². The highest BCUT2D eigenvalue weighted by Gasteiger charge is 2.12. The highest BCUT2D eigenvalue weighted by molar-refractivity contribution is 6.09. The van der Waals surface area contributed by atoms with Crippen LogP contribution in [-0.4, -0.2) is 47.1 Å². The van der Waals surface area contributed by atoms with E-state index < -0.39 is 5.97 Å². The quantitative estimate of drug-likeness (QED) is 0.495. The van der Waals surface area contributed by atoms with Gasteiger partial charge in [-0.1, -0.05) is 5.21 Å². The average Bonchev–Trinajstić information content (AvgIpc) is 2.65. The number of carbonyl (C=O) groups is 1. The Morgan fingerprint density at radius 3 is 2.71 bits per heavy atom. The third-order valence-corrected chi connectivity index (χ3v) is 1.44. The van der Waals surface area contributed by atoms with Crippen molar-refractivity contribution in [2.75, 3.05) is 21.2 Å². The van der Waals surface area contributed by atoms with Crippen LogP contribution in [0.3, 0.4) is 0 Å². The summed E-state index contributed by atoms with van der Waals surface area (Å²) in [6, 6.07) is 0. The molecule has 0 unspecified atom stereocenters. The van der Waals surface area contributed by atoms with Crippen LogP contribution in [0.2, 0.25) is 0 Å². The summed E-state index contributed by atoms with van der Waals surface area (Å²) in [5.74, 6) is -0.454. The van der Waals surface area contributed by atoms with Gasteiger partial charge in [0.15, 0.2) is 5.70 Å². The zero-order valence-electron chi connectivity index (χ0n) is 8.34. The number of methoxy groups -OCH3 is 1. The van der Waals surface area contributed by atoms with E-state index in [0.29, 0.717) is 5.70 Å². The second-order valence-electron chi connectivity index (χ2n) is 2.82. The summed E-state index contributed by atoms with van der Waals surface area (Å²) in [4.78, 5) is 13.1. The van der Waals surface area contributed by atoms with Gasteiger partial charge in [-0.2, -0.15) is 0 Å². The van der Waals surface area contributed by atoms with E-state index in [-0.39, 0.29) is 0 Å². The van der Waals surface area contributed by atoms with E-state index in [1.54, 1.807) is 31.4 Å². The number of hydrogen-bond acceptors (Lipinski definition) is 5. The van der Waals surface area contributed by atoms with E-state index in [1.165, 1.54) is 18.0 Å². The molecular weight excluding hydrogens is 184 g/mol. The smallest absolute Gasteiger partial charge is 0.358 e. The molecule has 6 nitrogen and oxygen atoms in total. The molecule has 1 rings (SSSR count). The molecule has 1 aromatic heterocycles. The van der Waals surface area contributed by atoms with Gasteiger partial charge < -0.3 is 9.64 Å².